The van der Waals surface area contributed by atoms with E-state index in [4.69, 9.17) is 19.4 Å². The number of hydrogen-bond acceptors (Lipinski definition) is 1. The smallest absolute Gasteiger partial charge is 0.120 e. The maximum atomic E-state index is 5.91. The third-order valence-electron chi connectivity index (χ3n) is 2.46. The minimum absolute atomic E-state index is 0.580. The molecule has 0 bridgehead atoms. The molecule has 1 saturated carbocycles. The molecule has 1 aliphatic carbocycles. The fourth-order valence-electron chi connectivity index (χ4n) is 1.43. The van der Waals surface area contributed by atoms with Crippen LogP contribution in [0.3, 0.4) is 0 Å². The Morgan fingerprint density at radius 3 is 2.83 bits per heavy atom. The van der Waals surface area contributed by atoms with E-state index < -0.39 is 0 Å². The standard InChI is InChI=1S/C8H10BClN2/c9-7-4-11-12(8(7)10)5-6-2-1-3-6/h4,6H,1-3,5H2. The van der Waals surface area contributed by atoms with E-state index in [1.54, 1.807) is 10.9 Å². The Balaban J connectivity index is 2.06. The van der Waals surface area contributed by atoms with Crippen molar-refractivity contribution < 1.29 is 0 Å². The van der Waals surface area contributed by atoms with Crippen molar-refractivity contribution in [2.24, 2.45) is 5.92 Å². The lowest BCUT2D eigenvalue weighted by atomic mass is 9.85. The van der Waals surface area contributed by atoms with Gasteiger partial charge in [0.2, 0.25) is 0 Å². The molecule has 0 saturated heterocycles. The summed E-state index contributed by atoms with van der Waals surface area (Å²) in [4.78, 5) is 0. The molecular weight excluding hydrogens is 170 g/mol. The van der Waals surface area contributed by atoms with Gasteiger partial charge in [-0.3, -0.25) is 4.68 Å². The molecule has 0 atom stereocenters. The zero-order valence-electron chi connectivity index (χ0n) is 6.83. The molecule has 0 aromatic carbocycles. The highest BCUT2D eigenvalue weighted by Crippen LogP contribution is 2.28. The Kier molecular flexibility index (Phi) is 2.13. The Bertz CT molecular complexity index is 281. The van der Waals surface area contributed by atoms with Crippen LogP contribution in [-0.4, -0.2) is 17.6 Å². The van der Waals surface area contributed by atoms with Crippen LogP contribution in [0.4, 0.5) is 0 Å². The summed E-state index contributed by atoms with van der Waals surface area (Å²) in [6.45, 7) is 0.927. The van der Waals surface area contributed by atoms with Crippen molar-refractivity contribution in [3.05, 3.63) is 11.3 Å². The molecule has 0 unspecified atom stereocenters. The lowest BCUT2D eigenvalue weighted by Crippen LogP contribution is -2.19. The van der Waals surface area contributed by atoms with Crippen LogP contribution in [0.1, 0.15) is 19.3 Å². The van der Waals surface area contributed by atoms with Gasteiger partial charge in [0.05, 0.1) is 0 Å². The molecule has 1 aromatic rings. The van der Waals surface area contributed by atoms with Gasteiger partial charge in [0.1, 0.15) is 13.0 Å². The number of hydrogen-bond donors (Lipinski definition) is 0. The van der Waals surface area contributed by atoms with Gasteiger partial charge in [0.15, 0.2) is 0 Å². The van der Waals surface area contributed by atoms with Crippen LogP contribution in [-0.2, 0) is 6.54 Å². The second-order valence-electron chi connectivity index (χ2n) is 3.37. The molecule has 12 heavy (non-hydrogen) atoms. The summed E-state index contributed by atoms with van der Waals surface area (Å²) in [5, 5.41) is 4.68. The number of nitrogens with zero attached hydrogens (tertiary/aromatic N) is 2. The van der Waals surface area contributed by atoms with E-state index >= 15 is 0 Å². The van der Waals surface area contributed by atoms with E-state index in [2.05, 4.69) is 5.10 Å². The lowest BCUT2D eigenvalue weighted by Gasteiger charge is -2.25. The first kappa shape index (κ1) is 8.18. The average molecular weight is 180 g/mol. The summed E-state index contributed by atoms with van der Waals surface area (Å²) < 4.78 is 1.79. The third kappa shape index (κ3) is 1.38. The second-order valence-corrected chi connectivity index (χ2v) is 3.73. The summed E-state index contributed by atoms with van der Waals surface area (Å²) in [7, 11) is 5.56. The maximum Gasteiger partial charge on any atom is 0.120 e. The molecule has 62 valence electrons. The minimum atomic E-state index is 0.580. The molecular formula is C8H10BClN2. The van der Waals surface area contributed by atoms with Crippen LogP contribution >= 0.6 is 11.6 Å². The molecule has 0 N–H and O–H groups in total. The topological polar surface area (TPSA) is 17.8 Å². The highest BCUT2D eigenvalue weighted by atomic mass is 35.5. The summed E-state index contributed by atoms with van der Waals surface area (Å²) >= 11 is 5.91. The van der Waals surface area contributed by atoms with Gasteiger partial charge in [-0.15, -0.1) is 0 Å². The first-order valence-corrected chi connectivity index (χ1v) is 4.62. The summed E-state index contributed by atoms with van der Waals surface area (Å²) in [6, 6.07) is 0. The zero-order valence-corrected chi connectivity index (χ0v) is 7.59. The molecule has 4 heteroatoms. The van der Waals surface area contributed by atoms with Crippen molar-refractivity contribution >= 4 is 24.9 Å². The van der Waals surface area contributed by atoms with Crippen molar-refractivity contribution in [2.75, 3.05) is 0 Å². The Hall–Kier alpha value is -0.435. The molecule has 1 aliphatic rings. The van der Waals surface area contributed by atoms with Gasteiger partial charge in [-0.05, 0) is 24.2 Å². The van der Waals surface area contributed by atoms with Crippen molar-refractivity contribution in [1.29, 1.82) is 0 Å². The number of aromatic nitrogens is 2. The molecule has 2 radical (unpaired) electrons. The van der Waals surface area contributed by atoms with Gasteiger partial charge >= 0.3 is 0 Å². The summed E-state index contributed by atoms with van der Waals surface area (Å²) in [5.74, 6) is 0.766. The average Bonchev–Trinajstić information content (AvgIpc) is 2.27. The molecule has 1 heterocycles. The largest absolute Gasteiger partial charge is 0.254 e. The van der Waals surface area contributed by atoms with Gasteiger partial charge in [-0.2, -0.15) is 5.10 Å². The van der Waals surface area contributed by atoms with Crippen LogP contribution in [0.15, 0.2) is 6.20 Å². The first-order valence-electron chi connectivity index (χ1n) is 4.24. The van der Waals surface area contributed by atoms with E-state index in [1.165, 1.54) is 19.3 Å². The molecule has 2 rings (SSSR count). The highest BCUT2D eigenvalue weighted by molar-refractivity contribution is 6.44. The lowest BCUT2D eigenvalue weighted by molar-refractivity contribution is 0.267. The molecule has 1 aromatic heterocycles. The molecule has 0 amide bonds. The summed E-state index contributed by atoms with van der Waals surface area (Å²) in [6.07, 6.45) is 5.56. The van der Waals surface area contributed by atoms with Gasteiger partial charge in [-0.25, -0.2) is 0 Å². The Morgan fingerprint density at radius 1 is 1.67 bits per heavy atom. The van der Waals surface area contributed by atoms with E-state index in [-0.39, 0.29) is 0 Å². The third-order valence-corrected chi connectivity index (χ3v) is 2.87. The highest BCUT2D eigenvalue weighted by Gasteiger charge is 2.19. The second kappa shape index (κ2) is 3.13. The molecule has 2 nitrogen and oxygen atoms in total. The van der Waals surface area contributed by atoms with Crippen LogP contribution in [0, 0.1) is 5.92 Å². The number of halogens is 1. The van der Waals surface area contributed by atoms with Gasteiger partial charge in [0, 0.05) is 12.7 Å². The van der Waals surface area contributed by atoms with Crippen molar-refractivity contribution in [3.8, 4) is 0 Å². The Labute approximate surface area is 78.3 Å². The first-order chi connectivity index (χ1) is 5.77. The van der Waals surface area contributed by atoms with E-state index in [9.17, 15) is 0 Å². The predicted octanol–water partition coefficient (Wildman–Crippen LogP) is 1.13. The van der Waals surface area contributed by atoms with Crippen LogP contribution in [0.2, 0.25) is 5.15 Å². The Morgan fingerprint density at radius 2 is 2.42 bits per heavy atom. The summed E-state index contributed by atoms with van der Waals surface area (Å²) in [5.41, 5.74) is 0.580. The molecule has 1 fully saturated rings. The quantitative estimate of drug-likeness (QED) is 0.624. The normalized spacial score (nSPS) is 17.8. The van der Waals surface area contributed by atoms with Crippen LogP contribution in [0.5, 0.6) is 0 Å². The minimum Gasteiger partial charge on any atom is -0.254 e. The monoisotopic (exact) mass is 180 g/mol. The van der Waals surface area contributed by atoms with Gasteiger partial charge in [-0.1, -0.05) is 18.0 Å². The number of rotatable bonds is 2. The van der Waals surface area contributed by atoms with E-state index in [0.717, 1.165) is 12.5 Å². The van der Waals surface area contributed by atoms with Crippen molar-refractivity contribution in [1.82, 2.24) is 9.78 Å². The van der Waals surface area contributed by atoms with E-state index in [0.29, 0.717) is 10.6 Å². The van der Waals surface area contributed by atoms with Crippen LogP contribution < -0.4 is 5.46 Å². The predicted molar refractivity (Wildman–Crippen MR) is 50.0 cm³/mol. The molecule has 0 spiro atoms. The van der Waals surface area contributed by atoms with Gasteiger partial charge < -0.3 is 0 Å². The van der Waals surface area contributed by atoms with Crippen molar-refractivity contribution in [2.45, 2.75) is 25.8 Å². The van der Waals surface area contributed by atoms with Crippen molar-refractivity contribution in [3.63, 3.8) is 0 Å². The molecule has 0 aliphatic heterocycles. The fraction of sp³-hybridized carbons (Fsp3) is 0.625. The fourth-order valence-corrected chi connectivity index (χ4v) is 1.59. The van der Waals surface area contributed by atoms with E-state index in [1.807, 2.05) is 0 Å². The SMILES string of the molecule is [B]c1cnn(CC2CCC2)c1Cl. The van der Waals surface area contributed by atoms with Gasteiger partial charge in [0.25, 0.3) is 0 Å². The van der Waals surface area contributed by atoms with Crippen LogP contribution in [0.25, 0.3) is 0 Å². The maximum absolute atomic E-state index is 5.91. The zero-order chi connectivity index (χ0) is 8.55.